The third kappa shape index (κ3) is 4.49. The fourth-order valence-electron chi connectivity index (χ4n) is 4.08. The normalized spacial score (nSPS) is 19.9. The second kappa shape index (κ2) is 8.88. The molecule has 156 valence electrons. The molecule has 2 saturated heterocycles. The molecule has 3 amide bonds. The van der Waals surface area contributed by atoms with Gasteiger partial charge in [-0.05, 0) is 36.2 Å². The number of amides is 3. The summed E-state index contributed by atoms with van der Waals surface area (Å²) in [6.07, 6.45) is 0.879. The molecule has 0 radical (unpaired) electrons. The van der Waals surface area contributed by atoms with E-state index in [4.69, 9.17) is 11.6 Å². The van der Waals surface area contributed by atoms with Gasteiger partial charge in [-0.25, -0.2) is 0 Å². The fourth-order valence-corrected chi connectivity index (χ4v) is 4.21. The molecule has 2 fully saturated rings. The third-order valence-corrected chi connectivity index (χ3v) is 5.99. The van der Waals surface area contributed by atoms with Gasteiger partial charge in [-0.3, -0.25) is 14.4 Å². The summed E-state index contributed by atoms with van der Waals surface area (Å²) in [4.78, 5) is 43.2. The monoisotopic (exact) mass is 425 g/mol. The number of nitrogens with zero attached hydrogens (tertiary/aromatic N) is 3. The Morgan fingerprint density at radius 1 is 0.967 bits per heavy atom. The van der Waals surface area contributed by atoms with Gasteiger partial charge in [-0.1, -0.05) is 41.9 Å². The van der Waals surface area contributed by atoms with Crippen molar-refractivity contribution in [2.45, 2.75) is 19.4 Å². The van der Waals surface area contributed by atoms with Crippen LogP contribution in [0.25, 0.3) is 0 Å². The van der Waals surface area contributed by atoms with Crippen LogP contribution < -0.4 is 4.90 Å². The van der Waals surface area contributed by atoms with Crippen molar-refractivity contribution in [1.82, 2.24) is 9.80 Å². The number of hydrogen-bond acceptors (Lipinski definition) is 3. The summed E-state index contributed by atoms with van der Waals surface area (Å²) in [6, 6.07) is 16.9. The van der Waals surface area contributed by atoms with Crippen LogP contribution in [0.3, 0.4) is 0 Å². The van der Waals surface area contributed by atoms with Gasteiger partial charge in [0.25, 0.3) is 0 Å². The number of piperidine rings is 1. The summed E-state index contributed by atoms with van der Waals surface area (Å²) in [7, 11) is 0. The number of para-hydroxylation sites is 1. The number of piperazine rings is 1. The summed E-state index contributed by atoms with van der Waals surface area (Å²) >= 11 is 5.93. The molecular weight excluding hydrogens is 402 g/mol. The molecule has 2 aromatic carbocycles. The Bertz CT molecular complexity index is 932. The van der Waals surface area contributed by atoms with E-state index in [9.17, 15) is 14.4 Å². The lowest BCUT2D eigenvalue weighted by atomic mass is 9.95. The van der Waals surface area contributed by atoms with Crippen molar-refractivity contribution in [2.24, 2.45) is 5.92 Å². The highest BCUT2D eigenvalue weighted by Gasteiger charge is 2.35. The van der Waals surface area contributed by atoms with Crippen LogP contribution in [-0.4, -0.2) is 53.7 Å². The van der Waals surface area contributed by atoms with E-state index in [1.165, 1.54) is 0 Å². The maximum Gasteiger partial charge on any atom is 0.246 e. The van der Waals surface area contributed by atoms with E-state index in [1.807, 2.05) is 42.5 Å². The second-order valence-corrected chi connectivity index (χ2v) is 8.21. The molecule has 0 bridgehead atoms. The average Bonchev–Trinajstić information content (AvgIpc) is 2.77. The Morgan fingerprint density at radius 3 is 2.40 bits per heavy atom. The molecule has 6 nitrogen and oxygen atoms in total. The molecule has 0 N–H and O–H groups in total. The number of rotatable bonds is 4. The fraction of sp³-hybridized carbons (Fsp3) is 0.348. The Balaban J connectivity index is 1.38. The van der Waals surface area contributed by atoms with Gasteiger partial charge < -0.3 is 14.7 Å². The lowest BCUT2D eigenvalue weighted by Gasteiger charge is -2.38. The summed E-state index contributed by atoms with van der Waals surface area (Å²) in [5.74, 6) is -0.333. The van der Waals surface area contributed by atoms with Crippen molar-refractivity contribution >= 4 is 35.0 Å². The molecule has 0 aliphatic carbocycles. The zero-order valence-electron chi connectivity index (χ0n) is 16.7. The predicted octanol–water partition coefficient (Wildman–Crippen LogP) is 2.95. The van der Waals surface area contributed by atoms with E-state index >= 15 is 0 Å². The molecule has 0 saturated carbocycles. The van der Waals surface area contributed by atoms with Gasteiger partial charge in [0, 0.05) is 43.3 Å². The Labute approximate surface area is 181 Å². The molecule has 2 aliphatic heterocycles. The van der Waals surface area contributed by atoms with Crippen molar-refractivity contribution < 1.29 is 14.4 Å². The average molecular weight is 426 g/mol. The van der Waals surface area contributed by atoms with Gasteiger partial charge in [-0.15, -0.1) is 0 Å². The van der Waals surface area contributed by atoms with Crippen LogP contribution in [0.15, 0.2) is 54.6 Å². The van der Waals surface area contributed by atoms with Crippen LogP contribution >= 0.6 is 11.6 Å². The van der Waals surface area contributed by atoms with Crippen molar-refractivity contribution in [2.75, 3.05) is 31.1 Å². The van der Waals surface area contributed by atoms with Crippen molar-refractivity contribution in [3.63, 3.8) is 0 Å². The van der Waals surface area contributed by atoms with E-state index in [0.29, 0.717) is 44.0 Å². The second-order valence-electron chi connectivity index (χ2n) is 7.78. The number of hydrogen-bond donors (Lipinski definition) is 0. The molecule has 4 rings (SSSR count). The molecule has 2 aromatic rings. The molecule has 1 atom stereocenters. The molecule has 2 heterocycles. The Hall–Kier alpha value is -2.86. The van der Waals surface area contributed by atoms with E-state index in [0.717, 1.165) is 11.3 Å². The Morgan fingerprint density at radius 2 is 1.70 bits per heavy atom. The molecule has 2 aliphatic rings. The maximum absolute atomic E-state index is 13.1. The highest BCUT2D eigenvalue weighted by Crippen LogP contribution is 2.24. The number of carbonyl (C=O) groups excluding carboxylic acids is 3. The van der Waals surface area contributed by atoms with Gasteiger partial charge in [0.1, 0.15) is 6.54 Å². The molecule has 30 heavy (non-hydrogen) atoms. The summed E-state index contributed by atoms with van der Waals surface area (Å²) in [5.41, 5.74) is 1.83. The molecule has 0 unspecified atom stereocenters. The van der Waals surface area contributed by atoms with E-state index < -0.39 is 0 Å². The minimum absolute atomic E-state index is 0.0373. The smallest absolute Gasteiger partial charge is 0.246 e. The van der Waals surface area contributed by atoms with Crippen LogP contribution in [0, 0.1) is 5.92 Å². The first-order valence-corrected chi connectivity index (χ1v) is 10.6. The van der Waals surface area contributed by atoms with Crippen LogP contribution in [0.5, 0.6) is 0 Å². The lowest BCUT2D eigenvalue weighted by molar-refractivity contribution is -0.146. The first-order chi connectivity index (χ1) is 14.5. The van der Waals surface area contributed by atoms with E-state index in [2.05, 4.69) is 0 Å². The first-order valence-electron chi connectivity index (χ1n) is 10.2. The topological polar surface area (TPSA) is 60.9 Å². The van der Waals surface area contributed by atoms with Gasteiger partial charge in [0.05, 0.1) is 5.92 Å². The molecule has 7 heteroatoms. The first kappa shape index (κ1) is 20.4. The number of anilines is 1. The van der Waals surface area contributed by atoms with Gasteiger partial charge >= 0.3 is 0 Å². The summed E-state index contributed by atoms with van der Waals surface area (Å²) in [6.45, 7) is 1.90. The Kier molecular flexibility index (Phi) is 6.04. The standard InChI is InChI=1S/C23H24ClN3O3/c24-19-9-6-17(7-10-19)14-26-15-18(8-11-21(26)28)23(30)25-12-13-27(22(29)16-25)20-4-2-1-3-5-20/h1-7,9-10,18H,8,11-16H2/t18-/m0/s1. The molecular formula is C23H24ClN3O3. The van der Waals surface area contributed by atoms with Crippen LogP contribution in [-0.2, 0) is 20.9 Å². The third-order valence-electron chi connectivity index (χ3n) is 5.74. The van der Waals surface area contributed by atoms with Crippen molar-refractivity contribution in [3.8, 4) is 0 Å². The summed E-state index contributed by atoms with van der Waals surface area (Å²) in [5, 5.41) is 0.649. The number of carbonyl (C=O) groups is 3. The zero-order chi connectivity index (χ0) is 21.1. The number of halogens is 1. The maximum atomic E-state index is 13.1. The van der Waals surface area contributed by atoms with E-state index in [1.54, 1.807) is 26.8 Å². The number of likely N-dealkylation sites (tertiary alicyclic amines) is 1. The summed E-state index contributed by atoms with van der Waals surface area (Å²) < 4.78 is 0. The minimum atomic E-state index is -0.272. The van der Waals surface area contributed by atoms with Gasteiger partial charge in [0.15, 0.2) is 0 Å². The SMILES string of the molecule is O=C1CC[C@H](C(=O)N2CCN(c3ccccc3)C(=O)C2)CN1Cc1ccc(Cl)cc1. The van der Waals surface area contributed by atoms with Crippen molar-refractivity contribution in [1.29, 1.82) is 0 Å². The number of benzene rings is 2. The van der Waals surface area contributed by atoms with E-state index in [-0.39, 0.29) is 30.2 Å². The van der Waals surface area contributed by atoms with Crippen molar-refractivity contribution in [3.05, 3.63) is 65.2 Å². The van der Waals surface area contributed by atoms with Crippen LogP contribution in [0.2, 0.25) is 5.02 Å². The minimum Gasteiger partial charge on any atom is -0.338 e. The van der Waals surface area contributed by atoms with Crippen LogP contribution in [0.4, 0.5) is 5.69 Å². The molecule has 0 aromatic heterocycles. The van der Waals surface area contributed by atoms with Gasteiger partial charge in [-0.2, -0.15) is 0 Å². The zero-order valence-corrected chi connectivity index (χ0v) is 17.4. The lowest BCUT2D eigenvalue weighted by Crippen LogP contribution is -2.55. The highest BCUT2D eigenvalue weighted by atomic mass is 35.5. The van der Waals surface area contributed by atoms with Crippen LogP contribution in [0.1, 0.15) is 18.4 Å². The predicted molar refractivity (Wildman–Crippen MR) is 115 cm³/mol. The quantitative estimate of drug-likeness (QED) is 0.756. The largest absolute Gasteiger partial charge is 0.338 e. The highest BCUT2D eigenvalue weighted by molar-refractivity contribution is 6.30. The molecule has 0 spiro atoms. The van der Waals surface area contributed by atoms with Gasteiger partial charge in [0.2, 0.25) is 17.7 Å².